The molecule has 238 valence electrons. The van der Waals surface area contributed by atoms with Gasteiger partial charge in [0.05, 0.1) is 25.7 Å². The van der Waals surface area contributed by atoms with Crippen LogP contribution in [0.15, 0.2) is 97.2 Å². The fourth-order valence-electron chi connectivity index (χ4n) is 5.49. The van der Waals surface area contributed by atoms with Gasteiger partial charge in [-0.3, -0.25) is 0 Å². The van der Waals surface area contributed by atoms with Crippen molar-refractivity contribution in [1.82, 2.24) is 4.98 Å². The highest BCUT2D eigenvalue weighted by Gasteiger charge is 2.30. The molecule has 1 atom stereocenters. The second kappa shape index (κ2) is 15.0. The van der Waals surface area contributed by atoms with Crippen molar-refractivity contribution < 1.29 is 40.4 Å². The van der Waals surface area contributed by atoms with Crippen LogP contribution in [0, 0.1) is 0 Å². The molecular weight excluding hydrogens is 711 g/mol. The van der Waals surface area contributed by atoms with Gasteiger partial charge in [0.15, 0.2) is 23.0 Å². The minimum absolute atomic E-state index is 0. The largest absolute Gasteiger partial charge is 1.00 e. The van der Waals surface area contributed by atoms with E-state index in [1.54, 1.807) is 43.5 Å². The molecule has 0 radical (unpaired) electrons. The van der Waals surface area contributed by atoms with Gasteiger partial charge < -0.3 is 40.4 Å². The van der Waals surface area contributed by atoms with Gasteiger partial charge in [-0.2, -0.15) is 0 Å². The van der Waals surface area contributed by atoms with Crippen LogP contribution in [0.5, 0.6) is 34.6 Å². The first-order valence-electron chi connectivity index (χ1n) is 14.5. The Morgan fingerprint density at radius 1 is 0.717 bits per heavy atom. The Balaban J connectivity index is 0.00000417. The van der Waals surface area contributed by atoms with Crippen molar-refractivity contribution in [2.24, 2.45) is 0 Å². The maximum Gasteiger partial charge on any atom is 0.219 e. The zero-order chi connectivity index (χ0) is 31.4. The Labute approximate surface area is 294 Å². The molecule has 0 N–H and O–H groups in total. The van der Waals surface area contributed by atoms with Crippen LogP contribution < -0.4 is 35.9 Å². The number of methoxy groups -OCH3 is 1. The number of aromatic nitrogens is 1. The highest BCUT2D eigenvalue weighted by Crippen LogP contribution is 2.40. The maximum atomic E-state index is 6.32. The Morgan fingerprint density at radius 2 is 1.46 bits per heavy atom. The van der Waals surface area contributed by atoms with Gasteiger partial charge >= 0.3 is 0 Å². The smallest absolute Gasteiger partial charge is 0.219 e. The number of pyridine rings is 1. The van der Waals surface area contributed by atoms with Crippen molar-refractivity contribution in [3.63, 3.8) is 0 Å². The molecular formula is C36H32BrCl3N2O4. The zero-order valence-corrected chi connectivity index (χ0v) is 29.2. The molecule has 0 saturated carbocycles. The van der Waals surface area contributed by atoms with Gasteiger partial charge in [-0.25, -0.2) is 4.98 Å². The molecule has 0 amide bonds. The Kier molecular flexibility index (Phi) is 11.0. The van der Waals surface area contributed by atoms with Crippen LogP contribution in [-0.4, -0.2) is 30.2 Å². The van der Waals surface area contributed by atoms with Gasteiger partial charge in [-0.15, -0.1) is 0 Å². The zero-order valence-electron chi connectivity index (χ0n) is 25.3. The summed E-state index contributed by atoms with van der Waals surface area (Å²) >= 11 is 18.6. The van der Waals surface area contributed by atoms with E-state index in [-0.39, 0.29) is 17.0 Å². The first-order valence-corrected chi connectivity index (χ1v) is 15.7. The molecule has 1 aliphatic rings. The molecule has 5 aromatic rings. The number of rotatable bonds is 10. The molecule has 6 rings (SSSR count). The lowest BCUT2D eigenvalue weighted by Gasteiger charge is -2.39. The number of likely N-dealkylation sites (N-methyl/N-ethyl adjacent to an activating group) is 1. The van der Waals surface area contributed by atoms with E-state index in [1.165, 1.54) is 11.1 Å². The molecule has 2 heterocycles. The van der Waals surface area contributed by atoms with Gasteiger partial charge in [0.2, 0.25) is 5.88 Å². The van der Waals surface area contributed by atoms with Gasteiger partial charge in [0.25, 0.3) is 0 Å². The van der Waals surface area contributed by atoms with E-state index in [4.69, 9.17) is 53.8 Å². The summed E-state index contributed by atoms with van der Waals surface area (Å²) in [5.74, 6) is 3.27. The summed E-state index contributed by atoms with van der Waals surface area (Å²) in [5, 5.41) is 1.41. The van der Waals surface area contributed by atoms with Crippen molar-refractivity contribution in [3.8, 4) is 34.6 Å². The fourth-order valence-corrected chi connectivity index (χ4v) is 6.10. The van der Waals surface area contributed by atoms with Crippen LogP contribution >= 0.6 is 34.8 Å². The number of nitrogens with zero attached hydrogens (tertiary/aromatic N) is 2. The molecule has 46 heavy (non-hydrogen) atoms. The highest BCUT2D eigenvalue weighted by atomic mass is 79.9. The fraction of sp³-hybridized carbons (Fsp3) is 0.194. The molecule has 0 spiro atoms. The van der Waals surface area contributed by atoms with Crippen molar-refractivity contribution in [3.05, 3.63) is 135 Å². The van der Waals surface area contributed by atoms with Gasteiger partial charge in [0.1, 0.15) is 25.4 Å². The van der Waals surface area contributed by atoms with Crippen molar-refractivity contribution in [1.29, 1.82) is 0 Å². The number of hydrogen-bond acceptors (Lipinski definition) is 5. The normalized spacial score (nSPS) is 15.3. The van der Waals surface area contributed by atoms with Gasteiger partial charge in [-0.1, -0.05) is 65.1 Å². The number of ether oxygens (including phenoxy) is 4. The van der Waals surface area contributed by atoms with Crippen LogP contribution in [0.25, 0.3) is 0 Å². The molecule has 1 unspecified atom stereocenters. The number of benzene rings is 4. The average Bonchev–Trinajstić information content (AvgIpc) is 3.03. The molecule has 1 aliphatic heterocycles. The Morgan fingerprint density at radius 3 is 2.17 bits per heavy atom. The van der Waals surface area contributed by atoms with Crippen LogP contribution in [0.3, 0.4) is 0 Å². The van der Waals surface area contributed by atoms with E-state index in [1.807, 2.05) is 36.5 Å². The molecule has 0 fully saturated rings. The summed E-state index contributed by atoms with van der Waals surface area (Å²) in [4.78, 5) is 4.60. The quantitative estimate of drug-likeness (QED) is 0.146. The maximum absolute atomic E-state index is 6.32. The standard InChI is InChI=1S/C36H32Cl3N2O4.BrH/c1-41(15-14-26-16-33(42-2)34(17-27(26)22-41)43-23-24-6-4-3-5-7-24)21-25-8-13-36(40-20-25)45-35-19-29(38)10-12-32(35)44-31-11-9-28(37)18-30(31)39;/h3-13,16-20H,14-15,21-23H2,1-2H3;1H/q+1;/p-1. The lowest BCUT2D eigenvalue weighted by atomic mass is 9.96. The SMILES string of the molecule is COc1cc2c(cc1OCc1ccccc1)C[N+](C)(Cc1ccc(Oc3cc(Cl)ccc3Oc3ccc(Cl)cc3Cl)nc1)CC2.[Br-]. The molecule has 6 nitrogen and oxygen atoms in total. The van der Waals surface area contributed by atoms with Crippen molar-refractivity contribution >= 4 is 34.8 Å². The summed E-state index contributed by atoms with van der Waals surface area (Å²) in [7, 11) is 3.97. The molecule has 0 saturated heterocycles. The summed E-state index contributed by atoms with van der Waals surface area (Å²) < 4.78 is 24.9. The molecule has 10 heteroatoms. The lowest BCUT2D eigenvalue weighted by Crippen LogP contribution is -3.00. The summed E-state index contributed by atoms with van der Waals surface area (Å²) in [6, 6.07) is 28.5. The third-order valence-electron chi connectivity index (χ3n) is 7.79. The second-order valence-electron chi connectivity index (χ2n) is 11.3. The number of quaternary nitrogens is 1. The third-order valence-corrected chi connectivity index (χ3v) is 8.56. The highest BCUT2D eigenvalue weighted by molar-refractivity contribution is 6.35. The Hall–Kier alpha value is -3.46. The average molecular weight is 743 g/mol. The number of halogens is 4. The van der Waals surface area contributed by atoms with E-state index in [0.29, 0.717) is 44.8 Å². The van der Waals surface area contributed by atoms with Crippen molar-refractivity contribution in [2.75, 3.05) is 20.7 Å². The predicted octanol–water partition coefficient (Wildman–Crippen LogP) is 6.92. The van der Waals surface area contributed by atoms with Gasteiger partial charge in [0, 0.05) is 45.9 Å². The summed E-state index contributed by atoms with van der Waals surface area (Å²) in [5.41, 5.74) is 4.80. The summed E-state index contributed by atoms with van der Waals surface area (Å²) in [6.45, 7) is 3.17. The van der Waals surface area contributed by atoms with Crippen LogP contribution in [-0.2, 0) is 26.1 Å². The van der Waals surface area contributed by atoms with E-state index in [2.05, 4.69) is 36.3 Å². The van der Waals surface area contributed by atoms with Gasteiger partial charge in [-0.05, 0) is 59.7 Å². The first kappa shape index (κ1) is 33.9. The minimum Gasteiger partial charge on any atom is -1.00 e. The third kappa shape index (κ3) is 8.27. The monoisotopic (exact) mass is 740 g/mol. The molecule has 0 aliphatic carbocycles. The number of hydrogen-bond donors (Lipinski definition) is 0. The first-order chi connectivity index (χ1) is 21.8. The van der Waals surface area contributed by atoms with Crippen molar-refractivity contribution in [2.45, 2.75) is 26.1 Å². The van der Waals surface area contributed by atoms with E-state index >= 15 is 0 Å². The molecule has 4 aromatic carbocycles. The second-order valence-corrected chi connectivity index (χ2v) is 12.6. The summed E-state index contributed by atoms with van der Waals surface area (Å²) in [6.07, 6.45) is 2.81. The van der Waals surface area contributed by atoms with Crippen LogP contribution in [0.1, 0.15) is 22.3 Å². The van der Waals surface area contributed by atoms with E-state index in [9.17, 15) is 0 Å². The lowest BCUT2D eigenvalue weighted by molar-refractivity contribution is -0.937. The number of fused-ring (bicyclic) bond motifs is 1. The molecule has 1 aromatic heterocycles. The van der Waals surface area contributed by atoms with Crippen LogP contribution in [0.4, 0.5) is 0 Å². The Bertz CT molecular complexity index is 1810. The van der Waals surface area contributed by atoms with Crippen LogP contribution in [0.2, 0.25) is 15.1 Å². The topological polar surface area (TPSA) is 49.8 Å². The van der Waals surface area contributed by atoms with E-state index in [0.717, 1.165) is 53.2 Å². The minimum atomic E-state index is 0. The molecule has 0 bridgehead atoms. The predicted molar refractivity (Wildman–Crippen MR) is 178 cm³/mol. The van der Waals surface area contributed by atoms with E-state index < -0.39 is 0 Å².